The van der Waals surface area contributed by atoms with Gasteiger partial charge in [0, 0.05) is 25.0 Å². The minimum Gasteiger partial charge on any atom is -0.352 e. The molecule has 1 fully saturated rings. The Labute approximate surface area is 112 Å². The van der Waals surface area contributed by atoms with Crippen molar-refractivity contribution >= 4 is 29.3 Å². The Morgan fingerprint density at radius 2 is 2.11 bits per heavy atom. The first-order valence-corrected chi connectivity index (χ1v) is 6.34. The van der Waals surface area contributed by atoms with E-state index in [0.29, 0.717) is 17.4 Å². The lowest BCUT2D eigenvalue weighted by Crippen LogP contribution is -2.30. The van der Waals surface area contributed by atoms with Gasteiger partial charge in [0.2, 0.25) is 0 Å². The van der Waals surface area contributed by atoms with E-state index in [0.717, 1.165) is 11.3 Å². The molecule has 1 aromatic rings. The molecular formula is C13H17N3OS. The van der Waals surface area contributed by atoms with Gasteiger partial charge in [-0.15, -0.1) is 0 Å². The van der Waals surface area contributed by atoms with Crippen LogP contribution in [0.15, 0.2) is 11.8 Å². The van der Waals surface area contributed by atoms with Crippen molar-refractivity contribution in [1.29, 1.82) is 0 Å². The fraction of sp³-hybridized carbons (Fsp3) is 0.385. The van der Waals surface area contributed by atoms with E-state index >= 15 is 0 Å². The number of aryl methyl sites for hydroxylation is 1. The number of carbonyl (C=O) groups is 1. The molecule has 0 saturated carbocycles. The van der Waals surface area contributed by atoms with Gasteiger partial charge >= 0.3 is 0 Å². The number of rotatable bonds is 2. The average Bonchev–Trinajstić information content (AvgIpc) is 2.72. The Morgan fingerprint density at radius 1 is 1.44 bits per heavy atom. The van der Waals surface area contributed by atoms with Gasteiger partial charge in [0.05, 0.1) is 0 Å². The monoisotopic (exact) mass is 263 g/mol. The second kappa shape index (κ2) is 4.57. The van der Waals surface area contributed by atoms with E-state index < -0.39 is 0 Å². The summed E-state index contributed by atoms with van der Waals surface area (Å²) >= 11 is 5.12. The third-order valence-corrected chi connectivity index (χ3v) is 3.72. The number of aromatic nitrogens is 1. The second-order valence-electron chi connectivity index (χ2n) is 4.42. The molecule has 0 aliphatic carbocycles. The first kappa shape index (κ1) is 12.8. The van der Waals surface area contributed by atoms with Crippen molar-refractivity contribution in [1.82, 2.24) is 14.8 Å². The van der Waals surface area contributed by atoms with E-state index in [1.165, 1.54) is 5.69 Å². The number of hydrogen-bond acceptors (Lipinski definition) is 2. The number of nitrogens with zero attached hydrogens (tertiary/aromatic N) is 2. The lowest BCUT2D eigenvalue weighted by Gasteiger charge is -2.08. The van der Waals surface area contributed by atoms with Gasteiger partial charge in [0.1, 0.15) is 5.70 Å². The highest BCUT2D eigenvalue weighted by Crippen LogP contribution is 2.19. The van der Waals surface area contributed by atoms with Crippen molar-refractivity contribution in [2.24, 2.45) is 7.05 Å². The van der Waals surface area contributed by atoms with Gasteiger partial charge in [-0.25, -0.2) is 0 Å². The summed E-state index contributed by atoms with van der Waals surface area (Å²) in [5.74, 6) is -0.0524. The van der Waals surface area contributed by atoms with E-state index in [1.807, 2.05) is 33.9 Å². The van der Waals surface area contributed by atoms with E-state index in [-0.39, 0.29) is 5.91 Å². The summed E-state index contributed by atoms with van der Waals surface area (Å²) in [6.45, 7) is 6.58. The van der Waals surface area contributed by atoms with Crippen LogP contribution in [0.1, 0.15) is 23.9 Å². The number of carbonyl (C=O) groups excluding carboxylic acids is 1. The SMILES string of the molecule is CCN1C(=O)/C(=C/c2cc(C)n(C)c2C)NC1=S. The molecule has 1 aromatic heterocycles. The first-order valence-electron chi connectivity index (χ1n) is 5.93. The van der Waals surface area contributed by atoms with Crippen LogP contribution in [0.2, 0.25) is 0 Å². The molecule has 0 aromatic carbocycles. The number of amides is 1. The largest absolute Gasteiger partial charge is 0.352 e. The van der Waals surface area contributed by atoms with Gasteiger partial charge in [0.15, 0.2) is 5.11 Å². The van der Waals surface area contributed by atoms with E-state index in [9.17, 15) is 4.79 Å². The highest BCUT2D eigenvalue weighted by molar-refractivity contribution is 7.80. The lowest BCUT2D eigenvalue weighted by molar-refractivity contribution is -0.122. The second-order valence-corrected chi connectivity index (χ2v) is 4.81. The van der Waals surface area contributed by atoms with Crippen molar-refractivity contribution in [2.75, 3.05) is 6.54 Å². The van der Waals surface area contributed by atoms with Crippen molar-refractivity contribution in [2.45, 2.75) is 20.8 Å². The standard InChI is InChI=1S/C13H17N3OS/c1-5-16-12(17)11(14-13(16)18)7-10-6-8(2)15(4)9(10)3/h6-7H,5H2,1-4H3,(H,14,18)/b11-7-. The first-order chi connectivity index (χ1) is 8.45. The molecule has 0 bridgehead atoms. The molecule has 2 heterocycles. The van der Waals surface area contributed by atoms with Gasteiger partial charge in [-0.05, 0) is 50.7 Å². The Morgan fingerprint density at radius 3 is 2.56 bits per heavy atom. The predicted molar refractivity (Wildman–Crippen MR) is 76.0 cm³/mol. The summed E-state index contributed by atoms with van der Waals surface area (Å²) in [5, 5.41) is 3.45. The van der Waals surface area contributed by atoms with E-state index in [4.69, 9.17) is 12.2 Å². The zero-order chi connectivity index (χ0) is 13.4. The summed E-state index contributed by atoms with van der Waals surface area (Å²) in [6.07, 6.45) is 1.87. The van der Waals surface area contributed by atoms with Crippen LogP contribution in [0, 0.1) is 13.8 Å². The predicted octanol–water partition coefficient (Wildman–Crippen LogP) is 1.72. The highest BCUT2D eigenvalue weighted by Gasteiger charge is 2.29. The third kappa shape index (κ3) is 1.95. The van der Waals surface area contributed by atoms with Gasteiger partial charge in [-0.2, -0.15) is 0 Å². The molecule has 4 nitrogen and oxygen atoms in total. The molecule has 96 valence electrons. The van der Waals surface area contributed by atoms with Crippen LogP contribution < -0.4 is 5.32 Å². The summed E-state index contributed by atoms with van der Waals surface area (Å²) in [6, 6.07) is 2.06. The molecule has 2 rings (SSSR count). The van der Waals surface area contributed by atoms with Crippen molar-refractivity contribution in [3.8, 4) is 0 Å². The molecule has 1 N–H and O–H groups in total. The lowest BCUT2D eigenvalue weighted by atomic mass is 10.2. The minimum atomic E-state index is -0.0524. The zero-order valence-electron chi connectivity index (χ0n) is 11.1. The van der Waals surface area contributed by atoms with Gasteiger partial charge in [-0.3, -0.25) is 9.69 Å². The topological polar surface area (TPSA) is 37.3 Å². The minimum absolute atomic E-state index is 0.0524. The average molecular weight is 263 g/mol. The van der Waals surface area contributed by atoms with Gasteiger partial charge < -0.3 is 9.88 Å². The van der Waals surface area contributed by atoms with Crippen molar-refractivity contribution in [3.63, 3.8) is 0 Å². The smallest absolute Gasteiger partial charge is 0.276 e. The van der Waals surface area contributed by atoms with Crippen molar-refractivity contribution in [3.05, 3.63) is 28.7 Å². The molecule has 1 amide bonds. The van der Waals surface area contributed by atoms with E-state index in [2.05, 4.69) is 16.0 Å². The quantitative estimate of drug-likeness (QED) is 0.652. The molecule has 0 spiro atoms. The Balaban J connectivity index is 2.38. The zero-order valence-corrected chi connectivity index (χ0v) is 11.9. The summed E-state index contributed by atoms with van der Waals surface area (Å²) < 4.78 is 2.10. The van der Waals surface area contributed by atoms with Crippen LogP contribution in [-0.4, -0.2) is 27.0 Å². The van der Waals surface area contributed by atoms with Crippen LogP contribution in [0.3, 0.4) is 0 Å². The summed E-state index contributed by atoms with van der Waals surface area (Å²) in [5.41, 5.74) is 3.90. The van der Waals surface area contributed by atoms with Crippen LogP contribution in [0.25, 0.3) is 6.08 Å². The molecule has 0 atom stereocenters. The fourth-order valence-electron chi connectivity index (χ4n) is 2.04. The number of thiocarbonyl (C=S) groups is 1. The normalized spacial score (nSPS) is 17.8. The molecule has 1 saturated heterocycles. The number of likely N-dealkylation sites (N-methyl/N-ethyl adjacent to an activating group) is 1. The van der Waals surface area contributed by atoms with Crippen LogP contribution in [-0.2, 0) is 11.8 Å². The molecular weight excluding hydrogens is 246 g/mol. The molecule has 1 aliphatic heterocycles. The number of hydrogen-bond donors (Lipinski definition) is 1. The summed E-state index contributed by atoms with van der Waals surface area (Å²) in [4.78, 5) is 13.6. The molecule has 0 unspecified atom stereocenters. The summed E-state index contributed by atoms with van der Waals surface area (Å²) in [7, 11) is 2.01. The molecule has 18 heavy (non-hydrogen) atoms. The Hall–Kier alpha value is -1.62. The Kier molecular flexibility index (Phi) is 3.26. The van der Waals surface area contributed by atoms with E-state index in [1.54, 1.807) is 4.90 Å². The molecule has 0 radical (unpaired) electrons. The third-order valence-electron chi connectivity index (χ3n) is 3.39. The maximum Gasteiger partial charge on any atom is 0.276 e. The Bertz CT molecular complexity index is 557. The van der Waals surface area contributed by atoms with Crippen LogP contribution in [0.5, 0.6) is 0 Å². The highest BCUT2D eigenvalue weighted by atomic mass is 32.1. The van der Waals surface area contributed by atoms with Crippen LogP contribution >= 0.6 is 12.2 Å². The van der Waals surface area contributed by atoms with Crippen molar-refractivity contribution < 1.29 is 4.79 Å². The van der Waals surface area contributed by atoms with Gasteiger partial charge in [-0.1, -0.05) is 0 Å². The molecule has 5 heteroatoms. The van der Waals surface area contributed by atoms with Crippen LogP contribution in [0.4, 0.5) is 0 Å². The van der Waals surface area contributed by atoms with Gasteiger partial charge in [0.25, 0.3) is 5.91 Å². The molecule has 1 aliphatic rings. The fourth-order valence-corrected chi connectivity index (χ4v) is 2.37. The maximum atomic E-state index is 12.1. The maximum absolute atomic E-state index is 12.1. The number of nitrogens with one attached hydrogen (secondary N) is 1.